The lowest BCUT2D eigenvalue weighted by Gasteiger charge is -2.21. The number of carbonyl (C=O) groups is 4. The minimum Gasteiger partial charge on any atom is -0.462 e. The molecule has 554 valence electrons. The molecule has 0 aliphatic heterocycles. The maximum Gasteiger partial charge on any atom is 0.472 e. The Balaban J connectivity index is 5.25. The van der Waals surface area contributed by atoms with Crippen molar-refractivity contribution in [3.63, 3.8) is 0 Å². The minimum absolute atomic E-state index is 0.0848. The van der Waals surface area contributed by atoms with Crippen molar-refractivity contribution in [3.05, 3.63) is 24.3 Å². The summed E-state index contributed by atoms with van der Waals surface area (Å²) in [7, 11) is -9.92. The number of rotatable bonds is 71. The van der Waals surface area contributed by atoms with Crippen LogP contribution in [0.15, 0.2) is 24.3 Å². The quantitative estimate of drug-likeness (QED) is 0.0169. The Morgan fingerprint density at radius 3 is 0.947 bits per heavy atom. The monoisotopic (exact) mass is 1380 g/mol. The number of aliphatic hydroxyl groups excluding tert-OH is 1. The van der Waals surface area contributed by atoms with Crippen LogP contribution in [0.2, 0.25) is 0 Å². The first kappa shape index (κ1) is 91.5. The number of aliphatic hydroxyl groups is 1. The molecular weight excluding hydrogens is 1230 g/mol. The van der Waals surface area contributed by atoms with Gasteiger partial charge in [0.1, 0.15) is 19.3 Å². The Hall–Kier alpha value is -2.46. The average Bonchev–Trinajstić information content (AvgIpc) is 1.66. The van der Waals surface area contributed by atoms with E-state index >= 15 is 0 Å². The molecule has 6 atom stereocenters. The molecule has 0 rings (SSSR count). The van der Waals surface area contributed by atoms with Crippen LogP contribution in [0.3, 0.4) is 0 Å². The molecule has 0 amide bonds. The van der Waals surface area contributed by atoms with Gasteiger partial charge in [0.25, 0.3) is 0 Å². The van der Waals surface area contributed by atoms with Crippen LogP contribution >= 0.6 is 15.6 Å². The second-order valence-electron chi connectivity index (χ2n) is 27.5. The van der Waals surface area contributed by atoms with Crippen molar-refractivity contribution in [1.82, 2.24) is 0 Å². The van der Waals surface area contributed by atoms with Crippen molar-refractivity contribution >= 4 is 39.5 Å². The predicted octanol–water partition coefficient (Wildman–Crippen LogP) is 21.3. The van der Waals surface area contributed by atoms with Gasteiger partial charge in [0, 0.05) is 25.7 Å². The smallest absolute Gasteiger partial charge is 0.462 e. The Labute approximate surface area is 573 Å². The van der Waals surface area contributed by atoms with Crippen molar-refractivity contribution in [1.29, 1.82) is 0 Å². The number of esters is 4. The first-order valence-corrected chi connectivity index (χ1v) is 41.2. The van der Waals surface area contributed by atoms with E-state index in [1.165, 1.54) is 148 Å². The maximum atomic E-state index is 13.1. The molecule has 0 aromatic rings. The second-order valence-corrected chi connectivity index (χ2v) is 30.5. The highest BCUT2D eigenvalue weighted by Crippen LogP contribution is 2.45. The number of hydrogen-bond donors (Lipinski definition) is 3. The molecule has 94 heavy (non-hydrogen) atoms. The van der Waals surface area contributed by atoms with Gasteiger partial charge in [-0.2, -0.15) is 0 Å². The summed E-state index contributed by atoms with van der Waals surface area (Å²) in [5.74, 6) is 0.0779. The SMILES string of the molecule is CCCCCC/C=C\C=C/CCCCCCCC(=O)O[C@H](COC(=O)CCCCCCCCCCCCCCCCCCC(C)C)COP(=O)(O)OCC(O)COP(=O)(O)OC[C@@H](COC(=O)CCCCCCCCCC(C)C)OC(=O)CCCCCCCCC(C)CC. The highest BCUT2D eigenvalue weighted by Gasteiger charge is 2.30. The van der Waals surface area contributed by atoms with E-state index in [1.54, 1.807) is 0 Å². The van der Waals surface area contributed by atoms with E-state index in [0.29, 0.717) is 31.6 Å². The van der Waals surface area contributed by atoms with Crippen LogP contribution in [-0.4, -0.2) is 96.7 Å². The molecule has 0 aliphatic carbocycles. The van der Waals surface area contributed by atoms with Crippen molar-refractivity contribution in [2.24, 2.45) is 17.8 Å². The number of ether oxygens (including phenoxy) is 4. The molecule has 0 aliphatic rings. The lowest BCUT2D eigenvalue weighted by atomic mass is 10.00. The number of phosphoric ester groups is 2. The summed E-state index contributed by atoms with van der Waals surface area (Å²) < 4.78 is 68.4. The fourth-order valence-electron chi connectivity index (χ4n) is 10.9. The summed E-state index contributed by atoms with van der Waals surface area (Å²) in [5, 5.41) is 10.6. The van der Waals surface area contributed by atoms with Gasteiger partial charge in [-0.05, 0) is 69.1 Å². The van der Waals surface area contributed by atoms with Gasteiger partial charge in [-0.25, -0.2) is 9.13 Å². The van der Waals surface area contributed by atoms with Gasteiger partial charge in [0.05, 0.1) is 26.4 Å². The van der Waals surface area contributed by atoms with Gasteiger partial charge in [-0.1, -0.05) is 304 Å². The standard InChI is InChI=1S/C75H142O17P2/c1-8-10-11-12-13-14-15-16-19-24-27-30-35-44-51-58-74(79)91-70(62-85-72(77)56-49-42-34-29-26-23-21-18-17-20-22-25-28-32-39-46-53-66(3)4)64-89-93(81,82)87-60-69(76)61-88-94(83,84)90-65-71(92-75(80)59-52-45-38-37-41-48-55-68(7)9-2)63-86-73(78)57-50-43-36-31-33-40-47-54-67(5)6/h14-16,19,66-71,76H,8-13,17-18,20-65H2,1-7H3,(H,81,82)(H,83,84)/b15-14-,19-16-/t68?,69?,70-,71-/m1/s1. The van der Waals surface area contributed by atoms with E-state index in [2.05, 4.69) is 72.8 Å². The van der Waals surface area contributed by atoms with Crippen molar-refractivity contribution in [2.75, 3.05) is 39.6 Å². The van der Waals surface area contributed by atoms with E-state index in [9.17, 15) is 43.2 Å². The average molecular weight is 1380 g/mol. The first-order chi connectivity index (χ1) is 45.3. The lowest BCUT2D eigenvalue weighted by molar-refractivity contribution is -0.161. The number of allylic oxidation sites excluding steroid dienone is 4. The van der Waals surface area contributed by atoms with Gasteiger partial charge in [-0.3, -0.25) is 37.3 Å². The molecule has 3 N–H and O–H groups in total. The molecule has 4 unspecified atom stereocenters. The normalized spacial score (nSPS) is 14.6. The molecular formula is C75H142O17P2. The van der Waals surface area contributed by atoms with Crippen LogP contribution in [0.1, 0.15) is 357 Å². The van der Waals surface area contributed by atoms with Crippen LogP contribution in [0, 0.1) is 17.8 Å². The zero-order chi connectivity index (χ0) is 69.4. The molecule has 0 saturated heterocycles. The fraction of sp³-hybridized carbons (Fsp3) is 0.893. The third-order valence-corrected chi connectivity index (χ3v) is 19.0. The third kappa shape index (κ3) is 66.8. The van der Waals surface area contributed by atoms with Crippen LogP contribution < -0.4 is 0 Å². The number of hydrogen-bond acceptors (Lipinski definition) is 15. The van der Waals surface area contributed by atoms with Gasteiger partial charge in [0.15, 0.2) is 12.2 Å². The van der Waals surface area contributed by atoms with E-state index in [1.807, 2.05) is 0 Å². The van der Waals surface area contributed by atoms with Crippen molar-refractivity contribution in [2.45, 2.75) is 375 Å². The third-order valence-electron chi connectivity index (χ3n) is 17.1. The van der Waals surface area contributed by atoms with Crippen LogP contribution in [0.4, 0.5) is 0 Å². The molecule has 0 aromatic carbocycles. The number of unbranched alkanes of at least 4 members (excludes halogenated alkanes) is 35. The predicted molar refractivity (Wildman–Crippen MR) is 381 cm³/mol. The largest absolute Gasteiger partial charge is 0.472 e. The second kappa shape index (κ2) is 65.2. The molecule has 0 aromatic heterocycles. The van der Waals surface area contributed by atoms with Gasteiger partial charge >= 0.3 is 39.5 Å². The van der Waals surface area contributed by atoms with Crippen LogP contribution in [0.5, 0.6) is 0 Å². The number of phosphoric acid groups is 2. The van der Waals surface area contributed by atoms with Gasteiger partial charge in [-0.15, -0.1) is 0 Å². The molecule has 0 bridgehead atoms. The summed E-state index contributed by atoms with van der Waals surface area (Å²) in [5.41, 5.74) is 0. The molecule has 0 saturated carbocycles. The van der Waals surface area contributed by atoms with Gasteiger partial charge < -0.3 is 33.8 Å². The summed E-state index contributed by atoms with van der Waals surface area (Å²) in [6.07, 6.45) is 53.8. The molecule has 0 heterocycles. The molecule has 0 radical (unpaired) electrons. The summed E-state index contributed by atoms with van der Waals surface area (Å²) in [4.78, 5) is 72.7. The van der Waals surface area contributed by atoms with E-state index in [0.717, 1.165) is 121 Å². The Bertz CT molecular complexity index is 1930. The first-order valence-electron chi connectivity index (χ1n) is 38.2. The summed E-state index contributed by atoms with van der Waals surface area (Å²) >= 11 is 0. The molecule has 17 nitrogen and oxygen atoms in total. The fourth-order valence-corrected chi connectivity index (χ4v) is 12.4. The highest BCUT2D eigenvalue weighted by atomic mass is 31.2. The molecule has 19 heteroatoms. The van der Waals surface area contributed by atoms with Crippen LogP contribution in [0.25, 0.3) is 0 Å². The molecule has 0 spiro atoms. The molecule has 0 fully saturated rings. The zero-order valence-corrected chi connectivity index (χ0v) is 62.7. The van der Waals surface area contributed by atoms with Crippen molar-refractivity contribution in [3.8, 4) is 0 Å². The van der Waals surface area contributed by atoms with E-state index in [-0.39, 0.29) is 25.7 Å². The van der Waals surface area contributed by atoms with Crippen LogP contribution in [-0.2, 0) is 65.4 Å². The summed E-state index contributed by atoms with van der Waals surface area (Å²) in [6, 6.07) is 0. The highest BCUT2D eigenvalue weighted by molar-refractivity contribution is 7.47. The summed E-state index contributed by atoms with van der Waals surface area (Å²) in [6.45, 7) is 11.7. The topological polar surface area (TPSA) is 237 Å². The zero-order valence-electron chi connectivity index (χ0n) is 60.9. The van der Waals surface area contributed by atoms with E-state index < -0.39 is 97.5 Å². The Morgan fingerprint density at radius 2 is 0.628 bits per heavy atom. The lowest BCUT2D eigenvalue weighted by Crippen LogP contribution is -2.30. The van der Waals surface area contributed by atoms with E-state index in [4.69, 9.17) is 37.0 Å². The number of carbonyl (C=O) groups excluding carboxylic acids is 4. The minimum atomic E-state index is -4.97. The van der Waals surface area contributed by atoms with Crippen molar-refractivity contribution < 1.29 is 80.2 Å². The Morgan fingerprint density at radius 1 is 0.351 bits per heavy atom. The van der Waals surface area contributed by atoms with Gasteiger partial charge in [0.2, 0.25) is 0 Å². The Kier molecular flexibility index (Phi) is 63.5. The maximum absolute atomic E-state index is 13.1.